The van der Waals surface area contributed by atoms with Crippen molar-refractivity contribution in [3.63, 3.8) is 0 Å². The summed E-state index contributed by atoms with van der Waals surface area (Å²) in [6.45, 7) is 12.6. The zero-order valence-electron chi connectivity index (χ0n) is 12.1. The minimum absolute atomic E-state index is 0.688. The van der Waals surface area contributed by atoms with Gasteiger partial charge in [-0.1, -0.05) is 26.7 Å². The van der Waals surface area contributed by atoms with Crippen LogP contribution < -0.4 is 5.32 Å². The Kier molecular flexibility index (Phi) is 10.0. The van der Waals surface area contributed by atoms with Crippen molar-refractivity contribution in [1.29, 1.82) is 0 Å². The summed E-state index contributed by atoms with van der Waals surface area (Å²) >= 11 is 0. The second-order valence-electron chi connectivity index (χ2n) is 5.59. The summed E-state index contributed by atoms with van der Waals surface area (Å²) in [4.78, 5) is 2.43. The zero-order valence-corrected chi connectivity index (χ0v) is 12.1. The molecule has 0 amide bonds. The molecule has 0 aliphatic rings. The van der Waals surface area contributed by atoms with Crippen molar-refractivity contribution in [2.24, 2.45) is 5.92 Å². The molecule has 0 radical (unpaired) electrons. The maximum Gasteiger partial charge on any atom is 0.00355 e. The second kappa shape index (κ2) is 10.1. The molecule has 0 heterocycles. The number of rotatable bonds is 10. The van der Waals surface area contributed by atoms with E-state index in [9.17, 15) is 0 Å². The van der Waals surface area contributed by atoms with Crippen LogP contribution in [0.15, 0.2) is 0 Å². The zero-order chi connectivity index (χ0) is 12.4. The molecule has 0 aliphatic carbocycles. The van der Waals surface area contributed by atoms with Crippen molar-refractivity contribution in [3.05, 3.63) is 0 Å². The summed E-state index contributed by atoms with van der Waals surface area (Å²) in [5, 5.41) is 3.49. The van der Waals surface area contributed by atoms with E-state index in [2.05, 4.69) is 45.0 Å². The molecular formula is C14H32N2. The lowest BCUT2D eigenvalue weighted by Gasteiger charge is -2.20. The number of unbranched alkanes of at least 4 members (excludes halogenated alkanes) is 3. The van der Waals surface area contributed by atoms with Crippen LogP contribution in [-0.2, 0) is 0 Å². The average Bonchev–Trinajstić information content (AvgIpc) is 2.21. The molecule has 0 rings (SSSR count). The van der Waals surface area contributed by atoms with Gasteiger partial charge in [-0.2, -0.15) is 0 Å². The van der Waals surface area contributed by atoms with Crippen LogP contribution in [0.5, 0.6) is 0 Å². The maximum absolute atomic E-state index is 3.49. The Morgan fingerprint density at radius 3 is 2.12 bits per heavy atom. The monoisotopic (exact) mass is 228 g/mol. The van der Waals surface area contributed by atoms with Gasteiger partial charge in [-0.05, 0) is 59.3 Å². The topological polar surface area (TPSA) is 15.3 Å². The van der Waals surface area contributed by atoms with E-state index in [1.54, 1.807) is 0 Å². The van der Waals surface area contributed by atoms with Gasteiger partial charge in [0, 0.05) is 6.04 Å². The molecule has 0 saturated heterocycles. The van der Waals surface area contributed by atoms with Crippen molar-refractivity contribution in [3.8, 4) is 0 Å². The third-order valence-corrected chi connectivity index (χ3v) is 3.05. The van der Waals surface area contributed by atoms with Crippen LogP contribution in [0.3, 0.4) is 0 Å². The highest BCUT2D eigenvalue weighted by atomic mass is 15.1. The fourth-order valence-corrected chi connectivity index (χ4v) is 1.61. The second-order valence-corrected chi connectivity index (χ2v) is 5.59. The van der Waals surface area contributed by atoms with E-state index in [-0.39, 0.29) is 0 Å². The first-order chi connectivity index (χ1) is 7.54. The predicted octanol–water partition coefficient (Wildman–Crippen LogP) is 3.13. The van der Waals surface area contributed by atoms with Gasteiger partial charge in [0.15, 0.2) is 0 Å². The van der Waals surface area contributed by atoms with Crippen molar-refractivity contribution in [2.75, 3.05) is 26.7 Å². The van der Waals surface area contributed by atoms with Gasteiger partial charge in [-0.15, -0.1) is 0 Å². The Hall–Kier alpha value is -0.0800. The SMILES string of the molecule is CC(C)CNCCCCCCN(C)C(C)C. The summed E-state index contributed by atoms with van der Waals surface area (Å²) < 4.78 is 0. The van der Waals surface area contributed by atoms with E-state index >= 15 is 0 Å². The maximum atomic E-state index is 3.49. The molecule has 0 unspecified atom stereocenters. The third kappa shape index (κ3) is 10.4. The van der Waals surface area contributed by atoms with Crippen LogP contribution >= 0.6 is 0 Å². The molecule has 2 heteroatoms. The Bertz CT molecular complexity index is 144. The number of nitrogens with one attached hydrogen (secondary N) is 1. The van der Waals surface area contributed by atoms with Gasteiger partial charge in [0.05, 0.1) is 0 Å². The fraction of sp³-hybridized carbons (Fsp3) is 1.00. The molecule has 98 valence electrons. The molecule has 16 heavy (non-hydrogen) atoms. The molecule has 0 bridgehead atoms. The van der Waals surface area contributed by atoms with E-state index in [0.717, 1.165) is 12.5 Å². The first-order valence-corrected chi connectivity index (χ1v) is 6.95. The molecule has 0 aromatic carbocycles. The van der Waals surface area contributed by atoms with E-state index in [0.29, 0.717) is 6.04 Å². The van der Waals surface area contributed by atoms with E-state index in [4.69, 9.17) is 0 Å². The normalized spacial score (nSPS) is 12.0. The largest absolute Gasteiger partial charge is 0.316 e. The van der Waals surface area contributed by atoms with Crippen molar-refractivity contribution < 1.29 is 0 Å². The van der Waals surface area contributed by atoms with Gasteiger partial charge in [0.1, 0.15) is 0 Å². The average molecular weight is 228 g/mol. The van der Waals surface area contributed by atoms with Crippen molar-refractivity contribution >= 4 is 0 Å². The third-order valence-electron chi connectivity index (χ3n) is 3.05. The first-order valence-electron chi connectivity index (χ1n) is 6.95. The molecule has 0 saturated carbocycles. The number of hydrogen-bond donors (Lipinski definition) is 1. The van der Waals surface area contributed by atoms with Gasteiger partial charge >= 0.3 is 0 Å². The van der Waals surface area contributed by atoms with Gasteiger partial charge < -0.3 is 10.2 Å². The Morgan fingerprint density at radius 1 is 0.938 bits per heavy atom. The van der Waals surface area contributed by atoms with E-state index in [1.807, 2.05) is 0 Å². The van der Waals surface area contributed by atoms with Gasteiger partial charge in [0.2, 0.25) is 0 Å². The van der Waals surface area contributed by atoms with E-state index < -0.39 is 0 Å². The minimum Gasteiger partial charge on any atom is -0.316 e. The Morgan fingerprint density at radius 2 is 1.56 bits per heavy atom. The Balaban J connectivity index is 3.10. The smallest absolute Gasteiger partial charge is 0.00355 e. The molecule has 0 aromatic heterocycles. The van der Waals surface area contributed by atoms with Crippen LogP contribution in [-0.4, -0.2) is 37.6 Å². The lowest BCUT2D eigenvalue weighted by molar-refractivity contribution is 0.267. The highest BCUT2D eigenvalue weighted by molar-refractivity contribution is 4.57. The molecule has 0 atom stereocenters. The molecule has 2 nitrogen and oxygen atoms in total. The summed E-state index contributed by atoms with van der Waals surface area (Å²) in [5.74, 6) is 0.777. The molecule has 1 N–H and O–H groups in total. The number of hydrogen-bond acceptors (Lipinski definition) is 2. The predicted molar refractivity (Wildman–Crippen MR) is 73.9 cm³/mol. The van der Waals surface area contributed by atoms with Crippen molar-refractivity contribution in [2.45, 2.75) is 59.4 Å². The van der Waals surface area contributed by atoms with Crippen molar-refractivity contribution in [1.82, 2.24) is 10.2 Å². The first kappa shape index (κ1) is 15.9. The summed E-state index contributed by atoms with van der Waals surface area (Å²) in [7, 11) is 2.22. The van der Waals surface area contributed by atoms with Crippen LogP contribution in [0.1, 0.15) is 53.4 Å². The van der Waals surface area contributed by atoms with Crippen LogP contribution in [0.2, 0.25) is 0 Å². The Labute approximate surface area is 103 Å². The molecule has 0 aliphatic heterocycles. The molecule has 0 aromatic rings. The fourth-order valence-electron chi connectivity index (χ4n) is 1.61. The summed E-state index contributed by atoms with van der Waals surface area (Å²) in [6, 6.07) is 0.688. The standard InChI is InChI=1S/C14H32N2/c1-13(2)12-15-10-8-6-7-9-11-16(5)14(3)4/h13-15H,6-12H2,1-5H3. The van der Waals surface area contributed by atoms with Crippen LogP contribution in [0.4, 0.5) is 0 Å². The molecular weight excluding hydrogens is 196 g/mol. The van der Waals surface area contributed by atoms with Crippen LogP contribution in [0, 0.1) is 5.92 Å². The van der Waals surface area contributed by atoms with Gasteiger partial charge in [-0.25, -0.2) is 0 Å². The lowest BCUT2D eigenvalue weighted by Crippen LogP contribution is -2.27. The van der Waals surface area contributed by atoms with Crippen LogP contribution in [0.25, 0.3) is 0 Å². The number of nitrogens with zero attached hydrogens (tertiary/aromatic N) is 1. The highest BCUT2D eigenvalue weighted by Gasteiger charge is 2.01. The minimum atomic E-state index is 0.688. The quantitative estimate of drug-likeness (QED) is 0.578. The highest BCUT2D eigenvalue weighted by Crippen LogP contribution is 2.02. The van der Waals surface area contributed by atoms with Gasteiger partial charge in [0.25, 0.3) is 0 Å². The molecule has 0 fully saturated rings. The van der Waals surface area contributed by atoms with E-state index in [1.165, 1.54) is 38.8 Å². The molecule has 0 spiro atoms. The summed E-state index contributed by atoms with van der Waals surface area (Å²) in [6.07, 6.45) is 5.43. The summed E-state index contributed by atoms with van der Waals surface area (Å²) in [5.41, 5.74) is 0. The van der Waals surface area contributed by atoms with Gasteiger partial charge in [-0.3, -0.25) is 0 Å². The lowest BCUT2D eigenvalue weighted by atomic mass is 10.1.